The number of hydrogen-bond donors (Lipinski definition) is 2. The maximum absolute atomic E-state index is 11.6. The summed E-state index contributed by atoms with van der Waals surface area (Å²) >= 11 is 0. The van der Waals surface area contributed by atoms with E-state index in [-0.39, 0.29) is 0 Å². The van der Waals surface area contributed by atoms with Crippen LogP contribution in [-0.4, -0.2) is 33.4 Å². The first-order valence-corrected chi connectivity index (χ1v) is 7.18. The molecule has 19 heavy (non-hydrogen) atoms. The zero-order chi connectivity index (χ0) is 13.9. The Kier molecular flexibility index (Phi) is 4.13. The van der Waals surface area contributed by atoms with Gasteiger partial charge in [0.15, 0.2) is 11.2 Å². The van der Waals surface area contributed by atoms with Crippen molar-refractivity contribution in [2.75, 3.05) is 0 Å². The Hall–Kier alpha value is -1.10. The van der Waals surface area contributed by atoms with E-state index >= 15 is 0 Å². The fourth-order valence-corrected chi connectivity index (χ4v) is 3.34. The highest BCUT2D eigenvalue weighted by atomic mass is 16.6. The molecule has 0 amide bonds. The van der Waals surface area contributed by atoms with Gasteiger partial charge in [0.05, 0.1) is 0 Å². The molecule has 0 spiro atoms. The molecule has 2 rings (SSSR count). The van der Waals surface area contributed by atoms with Gasteiger partial charge < -0.3 is 14.9 Å². The summed E-state index contributed by atoms with van der Waals surface area (Å²) in [7, 11) is 0. The number of rotatable bonds is 4. The van der Waals surface area contributed by atoms with Crippen LogP contribution in [0.3, 0.4) is 0 Å². The van der Waals surface area contributed by atoms with Crippen molar-refractivity contribution in [2.45, 2.75) is 75.4 Å². The Balaban J connectivity index is 2.22. The summed E-state index contributed by atoms with van der Waals surface area (Å²) in [4.78, 5) is 23.2. The first kappa shape index (κ1) is 14.3. The molecule has 2 aliphatic rings. The quantitative estimate of drug-likeness (QED) is 0.820. The van der Waals surface area contributed by atoms with Gasteiger partial charge in [0, 0.05) is 0 Å². The molecule has 0 aromatic heterocycles. The largest absolute Gasteiger partial charge is 0.479 e. The number of aliphatic carboxylic acids is 2. The van der Waals surface area contributed by atoms with Gasteiger partial charge in [-0.05, 0) is 51.4 Å². The van der Waals surface area contributed by atoms with Crippen molar-refractivity contribution < 1.29 is 24.5 Å². The smallest absolute Gasteiger partial charge is 0.336 e. The second-order valence-corrected chi connectivity index (χ2v) is 5.82. The minimum absolute atomic E-state index is 0.428. The number of carboxylic acid groups (broad SMARTS) is 2. The van der Waals surface area contributed by atoms with Gasteiger partial charge in [-0.1, -0.05) is 12.8 Å². The molecule has 0 aliphatic heterocycles. The topological polar surface area (TPSA) is 83.8 Å². The highest BCUT2D eigenvalue weighted by Gasteiger charge is 2.51. The average molecular weight is 270 g/mol. The first-order chi connectivity index (χ1) is 9.01. The molecule has 108 valence electrons. The molecule has 0 atom stereocenters. The Morgan fingerprint density at radius 3 is 1.26 bits per heavy atom. The van der Waals surface area contributed by atoms with Crippen LogP contribution in [0.2, 0.25) is 0 Å². The average Bonchev–Trinajstić information content (AvgIpc) is 2.40. The van der Waals surface area contributed by atoms with E-state index in [1.165, 1.54) is 0 Å². The van der Waals surface area contributed by atoms with E-state index in [1.54, 1.807) is 0 Å². The third kappa shape index (κ3) is 2.76. The predicted octanol–water partition coefficient (Wildman–Crippen LogP) is 2.58. The van der Waals surface area contributed by atoms with Crippen LogP contribution in [0.4, 0.5) is 0 Å². The molecule has 0 saturated heterocycles. The van der Waals surface area contributed by atoms with Crippen molar-refractivity contribution in [1.29, 1.82) is 0 Å². The van der Waals surface area contributed by atoms with E-state index in [4.69, 9.17) is 4.74 Å². The molecule has 0 radical (unpaired) electrons. The summed E-state index contributed by atoms with van der Waals surface area (Å²) in [6, 6.07) is 0. The maximum atomic E-state index is 11.6. The molecule has 0 aromatic carbocycles. The molecule has 2 fully saturated rings. The summed E-state index contributed by atoms with van der Waals surface area (Å²) in [5.41, 5.74) is -2.57. The SMILES string of the molecule is O=C(O)C1(OC2(C(=O)O)CCCCC2)CCCCC1. The van der Waals surface area contributed by atoms with Gasteiger partial charge >= 0.3 is 11.9 Å². The van der Waals surface area contributed by atoms with Crippen molar-refractivity contribution in [3.8, 4) is 0 Å². The van der Waals surface area contributed by atoms with Crippen LogP contribution >= 0.6 is 0 Å². The van der Waals surface area contributed by atoms with Gasteiger partial charge in [-0.15, -0.1) is 0 Å². The highest BCUT2D eigenvalue weighted by Crippen LogP contribution is 2.41. The normalized spacial score (nSPS) is 25.7. The molecule has 0 bridgehead atoms. The monoisotopic (exact) mass is 270 g/mol. The van der Waals surface area contributed by atoms with Crippen molar-refractivity contribution in [2.24, 2.45) is 0 Å². The van der Waals surface area contributed by atoms with Gasteiger partial charge in [-0.3, -0.25) is 0 Å². The molecular formula is C14H22O5. The van der Waals surface area contributed by atoms with Gasteiger partial charge in [0.25, 0.3) is 0 Å². The Morgan fingerprint density at radius 2 is 1.00 bits per heavy atom. The van der Waals surface area contributed by atoms with Crippen molar-refractivity contribution in [3.05, 3.63) is 0 Å². The fourth-order valence-electron chi connectivity index (χ4n) is 3.34. The van der Waals surface area contributed by atoms with Crippen molar-refractivity contribution >= 4 is 11.9 Å². The van der Waals surface area contributed by atoms with Crippen molar-refractivity contribution in [1.82, 2.24) is 0 Å². The minimum atomic E-state index is -1.28. The second-order valence-electron chi connectivity index (χ2n) is 5.82. The van der Waals surface area contributed by atoms with Gasteiger partial charge in [-0.2, -0.15) is 0 Å². The number of carboxylic acids is 2. The van der Waals surface area contributed by atoms with Crippen LogP contribution < -0.4 is 0 Å². The summed E-state index contributed by atoms with van der Waals surface area (Å²) in [6.45, 7) is 0. The summed E-state index contributed by atoms with van der Waals surface area (Å²) in [5, 5.41) is 19.0. The van der Waals surface area contributed by atoms with E-state index in [0.29, 0.717) is 25.7 Å². The van der Waals surface area contributed by atoms with Crippen LogP contribution in [0.15, 0.2) is 0 Å². The van der Waals surface area contributed by atoms with Gasteiger partial charge in [0.1, 0.15) is 0 Å². The molecule has 2 saturated carbocycles. The molecule has 0 aromatic rings. The third-order valence-electron chi connectivity index (χ3n) is 4.49. The molecular weight excluding hydrogens is 248 g/mol. The summed E-state index contributed by atoms with van der Waals surface area (Å²) < 4.78 is 5.83. The lowest BCUT2D eigenvalue weighted by atomic mass is 9.80. The zero-order valence-corrected chi connectivity index (χ0v) is 11.2. The lowest BCUT2D eigenvalue weighted by molar-refractivity contribution is -0.216. The third-order valence-corrected chi connectivity index (χ3v) is 4.49. The summed E-state index contributed by atoms with van der Waals surface area (Å²) in [5.74, 6) is -2.00. The maximum Gasteiger partial charge on any atom is 0.336 e. The molecule has 5 heteroatoms. The molecule has 2 N–H and O–H groups in total. The van der Waals surface area contributed by atoms with E-state index in [9.17, 15) is 19.8 Å². The van der Waals surface area contributed by atoms with E-state index < -0.39 is 23.1 Å². The highest BCUT2D eigenvalue weighted by molar-refractivity contribution is 5.81. The Bertz CT molecular complexity index is 317. The number of hydrogen-bond acceptors (Lipinski definition) is 3. The van der Waals surface area contributed by atoms with Crippen LogP contribution in [-0.2, 0) is 14.3 Å². The van der Waals surface area contributed by atoms with Crippen LogP contribution in [0.1, 0.15) is 64.2 Å². The van der Waals surface area contributed by atoms with Crippen LogP contribution in [0.25, 0.3) is 0 Å². The van der Waals surface area contributed by atoms with E-state index in [1.807, 2.05) is 0 Å². The number of carbonyl (C=O) groups is 2. The number of ether oxygens (including phenoxy) is 1. The van der Waals surface area contributed by atoms with E-state index in [2.05, 4.69) is 0 Å². The lowest BCUT2D eigenvalue weighted by Gasteiger charge is -2.42. The predicted molar refractivity (Wildman–Crippen MR) is 68.0 cm³/mol. The van der Waals surface area contributed by atoms with Crippen LogP contribution in [0, 0.1) is 0 Å². The molecule has 2 aliphatic carbocycles. The van der Waals surface area contributed by atoms with Crippen LogP contribution in [0.5, 0.6) is 0 Å². The minimum Gasteiger partial charge on any atom is -0.479 e. The Morgan fingerprint density at radius 1 is 0.684 bits per heavy atom. The van der Waals surface area contributed by atoms with Gasteiger partial charge in [-0.25, -0.2) is 9.59 Å². The van der Waals surface area contributed by atoms with E-state index in [0.717, 1.165) is 38.5 Å². The lowest BCUT2D eigenvalue weighted by Crippen LogP contribution is -2.55. The second kappa shape index (κ2) is 5.49. The molecule has 0 unspecified atom stereocenters. The standard InChI is InChI=1S/C14H22O5/c15-11(16)13(7-3-1-4-8-13)19-14(12(17)18)9-5-2-6-10-14/h1-10H2,(H,15,16)(H,17,18). The summed E-state index contributed by atoms with van der Waals surface area (Å²) in [6.07, 6.45) is 6.88. The Labute approximate surface area is 112 Å². The van der Waals surface area contributed by atoms with Crippen molar-refractivity contribution in [3.63, 3.8) is 0 Å². The molecule has 0 heterocycles. The fraction of sp³-hybridized carbons (Fsp3) is 0.857. The first-order valence-electron chi connectivity index (χ1n) is 7.18. The molecule has 5 nitrogen and oxygen atoms in total. The zero-order valence-electron chi connectivity index (χ0n) is 11.2. The van der Waals surface area contributed by atoms with Gasteiger partial charge in [0.2, 0.25) is 0 Å².